The third-order valence-corrected chi connectivity index (χ3v) is 5.67. The average Bonchev–Trinajstić information content (AvgIpc) is 3.42. The summed E-state index contributed by atoms with van der Waals surface area (Å²) in [6, 6.07) is 11.7. The predicted molar refractivity (Wildman–Crippen MR) is 109 cm³/mol. The summed E-state index contributed by atoms with van der Waals surface area (Å²) in [5.41, 5.74) is 0.685. The molecule has 1 aliphatic rings. The fraction of sp³-hybridized carbons (Fsp3) is 0.174. The molecule has 2 aromatic carbocycles. The predicted octanol–water partition coefficient (Wildman–Crippen LogP) is 3.52. The Morgan fingerprint density at radius 1 is 0.969 bits per heavy atom. The van der Waals surface area contributed by atoms with E-state index in [4.69, 9.17) is 4.52 Å². The minimum Gasteiger partial charge on any atom is -0.337 e. The van der Waals surface area contributed by atoms with Crippen LogP contribution in [0.1, 0.15) is 23.4 Å². The zero-order valence-corrected chi connectivity index (χ0v) is 16.8. The molecule has 2 aromatic heterocycles. The summed E-state index contributed by atoms with van der Waals surface area (Å²) in [7, 11) is 0. The monoisotopic (exact) mass is 433 g/mol. The van der Waals surface area contributed by atoms with Crippen molar-refractivity contribution in [3.63, 3.8) is 0 Å². The standard InChI is InChI=1S/C23H17F2N5O2/c24-17-5-1-15(2-6-17)23(16-3-7-18(25)8-4-16)9-12-30(22(23)31)14-20-28-21(29-32-20)19-13-26-10-11-27-19/h1-8,10-11,13H,9,12,14H2. The lowest BCUT2D eigenvalue weighted by Crippen LogP contribution is -2.38. The number of rotatable bonds is 5. The van der Waals surface area contributed by atoms with Crippen molar-refractivity contribution in [2.45, 2.75) is 18.4 Å². The van der Waals surface area contributed by atoms with E-state index >= 15 is 0 Å². The Balaban J connectivity index is 1.47. The van der Waals surface area contributed by atoms with Gasteiger partial charge in [-0.25, -0.2) is 13.8 Å². The van der Waals surface area contributed by atoms with Gasteiger partial charge in [0.15, 0.2) is 0 Å². The van der Waals surface area contributed by atoms with Crippen LogP contribution in [0.15, 0.2) is 71.6 Å². The normalized spacial score (nSPS) is 15.3. The van der Waals surface area contributed by atoms with Gasteiger partial charge in [-0.15, -0.1) is 0 Å². The van der Waals surface area contributed by atoms with E-state index in [-0.39, 0.29) is 24.2 Å². The van der Waals surface area contributed by atoms with Crippen molar-refractivity contribution >= 4 is 5.91 Å². The van der Waals surface area contributed by atoms with Crippen LogP contribution in [-0.4, -0.2) is 37.5 Å². The number of hydrogen-bond acceptors (Lipinski definition) is 6. The fourth-order valence-electron chi connectivity index (χ4n) is 4.10. The molecule has 1 aliphatic heterocycles. The van der Waals surface area contributed by atoms with Crippen LogP contribution in [0, 0.1) is 11.6 Å². The molecule has 0 saturated carbocycles. The zero-order chi connectivity index (χ0) is 22.1. The molecule has 0 bridgehead atoms. The van der Waals surface area contributed by atoms with Gasteiger partial charge in [-0.1, -0.05) is 29.4 Å². The first-order valence-electron chi connectivity index (χ1n) is 9.97. The second kappa shape index (κ2) is 7.92. The van der Waals surface area contributed by atoms with Gasteiger partial charge >= 0.3 is 0 Å². The first kappa shape index (κ1) is 19.9. The van der Waals surface area contributed by atoms with Crippen molar-refractivity contribution in [1.82, 2.24) is 25.0 Å². The third-order valence-electron chi connectivity index (χ3n) is 5.67. The van der Waals surface area contributed by atoms with Crippen molar-refractivity contribution < 1.29 is 18.1 Å². The molecule has 9 heteroatoms. The van der Waals surface area contributed by atoms with Crippen LogP contribution >= 0.6 is 0 Å². The van der Waals surface area contributed by atoms with Crippen LogP contribution in [-0.2, 0) is 16.8 Å². The summed E-state index contributed by atoms with van der Waals surface area (Å²) in [5, 5.41) is 3.92. The highest BCUT2D eigenvalue weighted by atomic mass is 19.1. The number of amides is 1. The van der Waals surface area contributed by atoms with E-state index in [0.29, 0.717) is 29.8 Å². The highest BCUT2D eigenvalue weighted by Gasteiger charge is 2.49. The molecule has 1 amide bonds. The summed E-state index contributed by atoms with van der Waals surface area (Å²) in [5.74, 6) is -0.452. The lowest BCUT2D eigenvalue weighted by Gasteiger charge is -2.29. The molecule has 0 radical (unpaired) electrons. The maximum atomic E-state index is 13.7. The van der Waals surface area contributed by atoms with E-state index in [1.807, 2.05) is 0 Å². The molecule has 160 valence electrons. The van der Waals surface area contributed by atoms with Gasteiger partial charge < -0.3 is 9.42 Å². The van der Waals surface area contributed by atoms with Gasteiger partial charge in [0.05, 0.1) is 6.20 Å². The second-order valence-corrected chi connectivity index (χ2v) is 7.50. The molecule has 0 spiro atoms. The second-order valence-electron chi connectivity index (χ2n) is 7.50. The molecule has 32 heavy (non-hydrogen) atoms. The number of carbonyl (C=O) groups is 1. The minimum atomic E-state index is -1.06. The summed E-state index contributed by atoms with van der Waals surface area (Å²) in [4.78, 5) is 27.8. The molecule has 0 atom stereocenters. The fourth-order valence-corrected chi connectivity index (χ4v) is 4.10. The molecule has 4 aromatic rings. The summed E-state index contributed by atoms with van der Waals surface area (Å²) >= 11 is 0. The van der Waals surface area contributed by atoms with Crippen LogP contribution in [0.5, 0.6) is 0 Å². The number of halogens is 2. The number of hydrogen-bond donors (Lipinski definition) is 0. The molecule has 1 fully saturated rings. The number of aromatic nitrogens is 4. The summed E-state index contributed by atoms with van der Waals surface area (Å²) in [6.07, 6.45) is 5.02. The Kier molecular flexibility index (Phi) is 4.93. The van der Waals surface area contributed by atoms with Gasteiger partial charge in [-0.05, 0) is 41.8 Å². The highest BCUT2D eigenvalue weighted by molar-refractivity contribution is 5.94. The zero-order valence-electron chi connectivity index (χ0n) is 16.8. The van der Waals surface area contributed by atoms with Gasteiger partial charge in [0, 0.05) is 18.9 Å². The van der Waals surface area contributed by atoms with Crippen molar-refractivity contribution in [2.24, 2.45) is 0 Å². The number of carbonyl (C=O) groups excluding carboxylic acids is 1. The van der Waals surface area contributed by atoms with Crippen molar-refractivity contribution in [3.8, 4) is 11.5 Å². The van der Waals surface area contributed by atoms with Crippen molar-refractivity contribution in [1.29, 1.82) is 0 Å². The first-order chi connectivity index (χ1) is 15.6. The molecule has 0 N–H and O–H groups in total. The lowest BCUT2D eigenvalue weighted by atomic mass is 9.73. The van der Waals surface area contributed by atoms with Gasteiger partial charge in [0.1, 0.15) is 29.3 Å². The minimum absolute atomic E-state index is 0.107. The average molecular weight is 433 g/mol. The van der Waals surface area contributed by atoms with Gasteiger partial charge in [0.25, 0.3) is 0 Å². The van der Waals surface area contributed by atoms with Crippen molar-refractivity contribution in [3.05, 3.63) is 95.8 Å². The Bertz CT molecular complexity index is 1200. The molecule has 7 nitrogen and oxygen atoms in total. The van der Waals surface area contributed by atoms with E-state index in [1.54, 1.807) is 29.2 Å². The van der Waals surface area contributed by atoms with Gasteiger partial charge in [0.2, 0.25) is 17.6 Å². The highest BCUT2D eigenvalue weighted by Crippen LogP contribution is 2.42. The van der Waals surface area contributed by atoms with E-state index in [1.165, 1.54) is 42.9 Å². The van der Waals surface area contributed by atoms with Crippen molar-refractivity contribution in [2.75, 3.05) is 6.54 Å². The lowest BCUT2D eigenvalue weighted by molar-refractivity contribution is -0.132. The summed E-state index contributed by atoms with van der Waals surface area (Å²) in [6.45, 7) is 0.521. The Morgan fingerprint density at radius 3 is 2.22 bits per heavy atom. The van der Waals surface area contributed by atoms with Crippen LogP contribution in [0.25, 0.3) is 11.5 Å². The molecule has 1 saturated heterocycles. The van der Waals surface area contributed by atoms with Gasteiger partial charge in [-0.3, -0.25) is 9.78 Å². The first-order valence-corrected chi connectivity index (χ1v) is 9.97. The largest absolute Gasteiger partial charge is 0.337 e. The Morgan fingerprint density at radius 2 is 1.62 bits per heavy atom. The molecule has 0 aliphatic carbocycles. The topological polar surface area (TPSA) is 85.0 Å². The van der Waals surface area contributed by atoms with Crippen LogP contribution in [0.2, 0.25) is 0 Å². The quantitative estimate of drug-likeness (QED) is 0.479. The molecule has 3 heterocycles. The maximum Gasteiger partial charge on any atom is 0.246 e. The van der Waals surface area contributed by atoms with Gasteiger partial charge in [-0.2, -0.15) is 4.98 Å². The van der Waals surface area contributed by atoms with E-state index in [0.717, 1.165) is 0 Å². The van der Waals surface area contributed by atoms with E-state index < -0.39 is 17.0 Å². The molecule has 5 rings (SSSR count). The van der Waals surface area contributed by atoms with E-state index in [9.17, 15) is 13.6 Å². The third kappa shape index (κ3) is 3.41. The molecular formula is C23H17F2N5O2. The maximum absolute atomic E-state index is 13.7. The SMILES string of the molecule is O=C1N(Cc2nc(-c3cnccn3)no2)CCC1(c1ccc(F)cc1)c1ccc(F)cc1. The van der Waals surface area contributed by atoms with E-state index in [2.05, 4.69) is 20.1 Å². The number of benzene rings is 2. The molecule has 0 unspecified atom stereocenters. The smallest absolute Gasteiger partial charge is 0.246 e. The number of likely N-dealkylation sites (tertiary alicyclic amines) is 1. The molecular weight excluding hydrogens is 416 g/mol. The van der Waals surface area contributed by atoms with Crippen LogP contribution in [0.4, 0.5) is 8.78 Å². The number of nitrogens with zero attached hydrogens (tertiary/aromatic N) is 5. The Labute approximate surface area is 181 Å². The Hall–Kier alpha value is -4.01. The summed E-state index contributed by atoms with van der Waals surface area (Å²) < 4.78 is 32.5. The van der Waals surface area contributed by atoms with Crippen LogP contribution in [0.3, 0.4) is 0 Å². The van der Waals surface area contributed by atoms with Crippen LogP contribution < -0.4 is 0 Å².